The maximum absolute atomic E-state index is 5.79. The van der Waals surface area contributed by atoms with Crippen LogP contribution in [0.5, 0.6) is 0 Å². The van der Waals surface area contributed by atoms with Crippen LogP contribution in [0.15, 0.2) is 0 Å². The summed E-state index contributed by atoms with van der Waals surface area (Å²) in [6.45, 7) is 0. The Hall–Kier alpha value is 1.15. The Balaban J connectivity index is 2.87. The fourth-order valence-corrected chi connectivity index (χ4v) is 3.39. The van der Waals surface area contributed by atoms with Crippen LogP contribution in [-0.4, -0.2) is 13.2 Å². The molecule has 0 amide bonds. The van der Waals surface area contributed by atoms with Crippen molar-refractivity contribution in [1.29, 1.82) is 0 Å². The highest BCUT2D eigenvalue weighted by Gasteiger charge is 2.00. The van der Waals surface area contributed by atoms with Gasteiger partial charge in [0.25, 0.3) is 0 Å². The Morgan fingerprint density at radius 2 is 1.07 bits per heavy atom. The average Bonchev–Trinajstić information content (AvgIpc) is 2.20. The predicted octanol–water partition coefficient (Wildman–Crippen LogP) is 5.13. The number of hydrogen-bond acceptors (Lipinski definition) is 1. The quantitative estimate of drug-likeness (QED) is 0.232. The summed E-state index contributed by atoms with van der Waals surface area (Å²) in [7, 11) is -1.31. The van der Waals surface area contributed by atoms with Gasteiger partial charge in [-0.15, -0.1) is 0 Å². The number of thiol groups is 1. The normalized spacial score (nSPS) is 11.2. The van der Waals surface area contributed by atoms with Crippen molar-refractivity contribution < 1.29 is 0 Å². The van der Waals surface area contributed by atoms with Crippen molar-refractivity contribution in [3.05, 3.63) is 0 Å². The molecule has 0 nitrogen and oxygen atoms in total. The second-order valence-electron chi connectivity index (χ2n) is 4.09. The van der Waals surface area contributed by atoms with Crippen molar-refractivity contribution in [2.75, 3.05) is 5.75 Å². The smallest absolute Gasteiger partial charge is 0.179 e. The van der Waals surface area contributed by atoms with Gasteiger partial charge in [0.15, 0.2) is 0 Å². The molecule has 0 N–H and O–H groups in total. The molecule has 4 heteroatoms. The van der Waals surface area contributed by atoms with E-state index in [4.69, 9.17) is 22.2 Å². The van der Waals surface area contributed by atoms with Crippen LogP contribution in [-0.2, 0) is 0 Å². The van der Waals surface area contributed by atoms with Crippen molar-refractivity contribution in [3.63, 3.8) is 0 Å². The zero-order valence-electron chi connectivity index (χ0n) is 9.56. The van der Waals surface area contributed by atoms with Gasteiger partial charge in [0.2, 0.25) is 7.42 Å². The molecule has 0 spiro atoms. The molecule has 0 aromatic carbocycles. The second kappa shape index (κ2) is 13.2. The van der Waals surface area contributed by atoms with Crippen LogP contribution in [0.4, 0.5) is 0 Å². The molecule has 0 radical (unpaired) electrons. The molecule has 0 unspecified atom stereocenters. The maximum Gasteiger partial charge on any atom is 0.237 e. The summed E-state index contributed by atoms with van der Waals surface area (Å²) >= 11 is 15.8. The highest BCUT2D eigenvalue weighted by Crippen LogP contribution is 2.13. The van der Waals surface area contributed by atoms with Gasteiger partial charge in [-0.05, 0) is 18.2 Å². The van der Waals surface area contributed by atoms with E-state index in [1.807, 2.05) is 0 Å². The van der Waals surface area contributed by atoms with Gasteiger partial charge in [-0.1, -0.05) is 51.4 Å². The van der Waals surface area contributed by atoms with Crippen LogP contribution in [0, 0.1) is 0 Å². The summed E-state index contributed by atoms with van der Waals surface area (Å²) in [5.74, 6) is 1.04. The maximum atomic E-state index is 5.79. The van der Waals surface area contributed by atoms with Crippen molar-refractivity contribution in [1.82, 2.24) is 0 Å². The molecule has 0 saturated carbocycles. The lowest BCUT2D eigenvalue weighted by Gasteiger charge is -2.02. The SMILES string of the molecule is SCCCCCCCCCCC[SiH](Cl)Cl. The van der Waals surface area contributed by atoms with E-state index in [2.05, 4.69) is 12.6 Å². The molecule has 0 aliphatic carbocycles. The first-order chi connectivity index (χ1) is 7.27. The van der Waals surface area contributed by atoms with Crippen molar-refractivity contribution in [3.8, 4) is 0 Å². The monoisotopic (exact) mass is 286 g/mol. The second-order valence-corrected chi connectivity index (χ2v) is 9.72. The number of hydrogen-bond donors (Lipinski definition) is 1. The molecule has 0 rings (SSSR count). The third kappa shape index (κ3) is 15.1. The van der Waals surface area contributed by atoms with E-state index in [0.29, 0.717) is 0 Å². The lowest BCUT2D eigenvalue weighted by atomic mass is 10.1. The van der Waals surface area contributed by atoms with Crippen LogP contribution >= 0.6 is 34.8 Å². The van der Waals surface area contributed by atoms with Gasteiger partial charge >= 0.3 is 0 Å². The van der Waals surface area contributed by atoms with Crippen molar-refractivity contribution in [2.24, 2.45) is 0 Å². The Bertz CT molecular complexity index is 123. The van der Waals surface area contributed by atoms with Gasteiger partial charge < -0.3 is 0 Å². The Morgan fingerprint density at radius 3 is 1.47 bits per heavy atom. The molecule has 0 atom stereocenters. The Kier molecular flexibility index (Phi) is 14.2. The Labute approximate surface area is 112 Å². The van der Waals surface area contributed by atoms with Crippen LogP contribution in [0.3, 0.4) is 0 Å². The molecule has 0 saturated heterocycles. The van der Waals surface area contributed by atoms with E-state index in [-0.39, 0.29) is 0 Å². The molecule has 0 heterocycles. The summed E-state index contributed by atoms with van der Waals surface area (Å²) in [5, 5.41) is 0. The highest BCUT2D eigenvalue weighted by molar-refractivity contribution is 7.80. The third-order valence-electron chi connectivity index (χ3n) is 2.58. The van der Waals surface area contributed by atoms with Crippen LogP contribution in [0.1, 0.15) is 57.8 Å². The van der Waals surface area contributed by atoms with E-state index < -0.39 is 7.42 Å². The van der Waals surface area contributed by atoms with Gasteiger partial charge in [0.1, 0.15) is 0 Å². The number of halogens is 2. The van der Waals surface area contributed by atoms with Gasteiger partial charge in [-0.25, -0.2) is 0 Å². The molecule has 0 aromatic heterocycles. The summed E-state index contributed by atoms with van der Waals surface area (Å²) in [6, 6.07) is 1.09. The average molecular weight is 287 g/mol. The van der Waals surface area contributed by atoms with Crippen LogP contribution in [0.2, 0.25) is 6.04 Å². The molecule has 92 valence electrons. The fraction of sp³-hybridized carbons (Fsp3) is 1.00. The van der Waals surface area contributed by atoms with Gasteiger partial charge in [-0.2, -0.15) is 34.8 Å². The van der Waals surface area contributed by atoms with E-state index in [0.717, 1.165) is 11.8 Å². The van der Waals surface area contributed by atoms with E-state index in [1.54, 1.807) is 0 Å². The van der Waals surface area contributed by atoms with Gasteiger partial charge in [0, 0.05) is 0 Å². The third-order valence-corrected chi connectivity index (χ3v) is 5.05. The van der Waals surface area contributed by atoms with E-state index in [1.165, 1.54) is 57.8 Å². The Morgan fingerprint density at radius 1 is 0.667 bits per heavy atom. The molecule has 0 aliphatic heterocycles. The lowest BCUT2D eigenvalue weighted by Crippen LogP contribution is -1.91. The first kappa shape index (κ1) is 16.1. The fourth-order valence-electron chi connectivity index (χ4n) is 1.65. The topological polar surface area (TPSA) is 0 Å². The largest absolute Gasteiger partial charge is 0.237 e. The molecule has 0 aliphatic rings. The molecule has 0 fully saturated rings. The summed E-state index contributed by atoms with van der Waals surface area (Å²) in [5.41, 5.74) is 0. The standard InChI is InChI=1S/C11H24Cl2SSi/c12-15(13)11-9-7-5-3-1-2-4-6-8-10-14/h14-15H,1-11H2. The molecule has 15 heavy (non-hydrogen) atoms. The van der Waals surface area contributed by atoms with E-state index in [9.17, 15) is 0 Å². The van der Waals surface area contributed by atoms with Crippen LogP contribution < -0.4 is 0 Å². The summed E-state index contributed by atoms with van der Waals surface area (Å²) < 4.78 is 0. The number of rotatable bonds is 11. The summed E-state index contributed by atoms with van der Waals surface area (Å²) in [6.07, 6.45) is 12.1. The predicted molar refractivity (Wildman–Crippen MR) is 79.1 cm³/mol. The van der Waals surface area contributed by atoms with Crippen LogP contribution in [0.25, 0.3) is 0 Å². The summed E-state index contributed by atoms with van der Waals surface area (Å²) in [4.78, 5) is 0. The van der Waals surface area contributed by atoms with E-state index >= 15 is 0 Å². The lowest BCUT2D eigenvalue weighted by molar-refractivity contribution is 0.573. The van der Waals surface area contributed by atoms with Crippen molar-refractivity contribution >= 4 is 42.2 Å². The first-order valence-electron chi connectivity index (χ1n) is 6.16. The van der Waals surface area contributed by atoms with Crippen molar-refractivity contribution in [2.45, 2.75) is 63.8 Å². The van der Waals surface area contributed by atoms with Gasteiger partial charge in [0.05, 0.1) is 0 Å². The minimum absolute atomic E-state index is 1.04. The number of unbranched alkanes of at least 4 members (excludes halogenated alkanes) is 8. The molecule has 0 bridgehead atoms. The molecular formula is C11H24Cl2SSi. The zero-order valence-corrected chi connectivity index (χ0v) is 13.1. The minimum Gasteiger partial charge on any atom is -0.179 e. The van der Waals surface area contributed by atoms with Gasteiger partial charge in [-0.3, -0.25) is 0 Å². The molecular weight excluding hydrogens is 263 g/mol. The first-order valence-corrected chi connectivity index (χ1v) is 11.1. The molecule has 0 aromatic rings. The minimum atomic E-state index is -1.31. The zero-order chi connectivity index (χ0) is 11.4. The highest BCUT2D eigenvalue weighted by atomic mass is 35.7.